The van der Waals surface area contributed by atoms with E-state index in [1.165, 1.54) is 27.2 Å². The molecule has 0 amide bonds. The van der Waals surface area contributed by atoms with Crippen LogP contribution in [0.15, 0.2) is 34.6 Å². The highest BCUT2D eigenvalue weighted by Crippen LogP contribution is 2.37. The molecule has 0 spiro atoms. The van der Waals surface area contributed by atoms with Crippen molar-refractivity contribution < 1.29 is 4.79 Å². The molecule has 0 saturated carbocycles. The van der Waals surface area contributed by atoms with Crippen LogP contribution in [0.25, 0.3) is 20.5 Å². The first-order chi connectivity index (χ1) is 9.20. The second-order valence-electron chi connectivity index (χ2n) is 3.93. The minimum atomic E-state index is -0.134. The Bertz CT molecular complexity index is 816. The summed E-state index contributed by atoms with van der Waals surface area (Å²) >= 11 is 8.91. The van der Waals surface area contributed by atoms with E-state index in [1.54, 1.807) is 6.20 Å². The lowest BCUT2D eigenvalue weighted by molar-refractivity contribution is -0.108. The van der Waals surface area contributed by atoms with Crippen molar-refractivity contribution in [3.63, 3.8) is 0 Å². The second-order valence-corrected chi connectivity index (χ2v) is 6.56. The predicted molar refractivity (Wildman–Crippen MR) is 80.5 cm³/mol. The molecule has 0 bridgehead atoms. The average molecular weight is 310 g/mol. The van der Waals surface area contributed by atoms with E-state index in [2.05, 4.69) is 0 Å². The van der Waals surface area contributed by atoms with Gasteiger partial charge in [-0.2, -0.15) is 0 Å². The Morgan fingerprint density at radius 2 is 2.16 bits per heavy atom. The van der Waals surface area contributed by atoms with E-state index in [-0.39, 0.29) is 12.1 Å². The van der Waals surface area contributed by atoms with Crippen molar-refractivity contribution in [3.05, 3.63) is 44.5 Å². The SMILES string of the molecule is O=CCn1ccc2scc(-c3ccc(Cl)s3)c2c1=O. The van der Waals surface area contributed by atoms with Gasteiger partial charge in [-0.25, -0.2) is 0 Å². The van der Waals surface area contributed by atoms with E-state index in [0.717, 1.165) is 21.4 Å². The molecule has 0 radical (unpaired) electrons. The third-order valence-corrected chi connectivity index (χ3v) is 5.02. The highest BCUT2D eigenvalue weighted by molar-refractivity contribution is 7.21. The van der Waals surface area contributed by atoms with Crippen LogP contribution in [0, 0.1) is 0 Å². The van der Waals surface area contributed by atoms with Gasteiger partial charge in [0.1, 0.15) is 6.29 Å². The Morgan fingerprint density at radius 3 is 2.84 bits per heavy atom. The Kier molecular flexibility index (Phi) is 3.26. The minimum absolute atomic E-state index is 0.0786. The first-order valence-electron chi connectivity index (χ1n) is 5.50. The van der Waals surface area contributed by atoms with Gasteiger partial charge in [0.15, 0.2) is 0 Å². The van der Waals surface area contributed by atoms with Crippen molar-refractivity contribution in [2.75, 3.05) is 0 Å². The van der Waals surface area contributed by atoms with Gasteiger partial charge in [-0.3, -0.25) is 4.79 Å². The summed E-state index contributed by atoms with van der Waals surface area (Å²) in [6, 6.07) is 5.59. The van der Waals surface area contributed by atoms with Crippen molar-refractivity contribution in [3.8, 4) is 10.4 Å². The van der Waals surface area contributed by atoms with Gasteiger partial charge in [-0.1, -0.05) is 11.6 Å². The standard InChI is InChI=1S/C13H8ClNO2S2/c14-11-2-1-9(19-11)8-7-18-10-3-4-15(5-6-16)13(17)12(8)10/h1-4,6-7H,5H2. The molecule has 3 heterocycles. The van der Waals surface area contributed by atoms with Crippen LogP contribution in [-0.4, -0.2) is 10.9 Å². The fourth-order valence-electron chi connectivity index (χ4n) is 1.95. The Balaban J connectivity index is 2.29. The number of carbonyl (C=O) groups is 1. The topological polar surface area (TPSA) is 39.1 Å². The minimum Gasteiger partial charge on any atom is -0.308 e. The monoisotopic (exact) mass is 309 g/mol. The molecular weight excluding hydrogens is 302 g/mol. The third-order valence-electron chi connectivity index (χ3n) is 2.81. The Hall–Kier alpha value is -1.43. The van der Waals surface area contributed by atoms with Gasteiger partial charge in [-0.15, -0.1) is 22.7 Å². The van der Waals surface area contributed by atoms with Crippen LogP contribution >= 0.6 is 34.3 Å². The van der Waals surface area contributed by atoms with Crippen molar-refractivity contribution >= 4 is 50.6 Å². The van der Waals surface area contributed by atoms with Crippen molar-refractivity contribution in [2.45, 2.75) is 6.54 Å². The molecule has 0 N–H and O–H groups in total. The van der Waals surface area contributed by atoms with Crippen LogP contribution in [0.4, 0.5) is 0 Å². The highest BCUT2D eigenvalue weighted by atomic mass is 35.5. The maximum atomic E-state index is 12.4. The molecule has 0 saturated heterocycles. The molecule has 0 aliphatic heterocycles. The Morgan fingerprint density at radius 1 is 1.32 bits per heavy atom. The zero-order chi connectivity index (χ0) is 13.4. The number of aldehydes is 1. The molecule has 0 unspecified atom stereocenters. The molecule has 3 rings (SSSR count). The average Bonchev–Trinajstić information content (AvgIpc) is 2.99. The van der Waals surface area contributed by atoms with E-state index >= 15 is 0 Å². The summed E-state index contributed by atoms with van der Waals surface area (Å²) in [5.41, 5.74) is 0.757. The molecule has 0 aliphatic rings. The van der Waals surface area contributed by atoms with Gasteiger partial charge >= 0.3 is 0 Å². The van der Waals surface area contributed by atoms with Gasteiger partial charge in [-0.05, 0) is 18.2 Å². The molecule has 0 fully saturated rings. The lowest BCUT2D eigenvalue weighted by atomic mass is 10.2. The molecule has 0 aromatic carbocycles. The summed E-state index contributed by atoms with van der Waals surface area (Å²) in [5.74, 6) is 0. The summed E-state index contributed by atoms with van der Waals surface area (Å²) in [6.45, 7) is 0.0786. The number of fused-ring (bicyclic) bond motifs is 1. The smallest absolute Gasteiger partial charge is 0.260 e. The van der Waals surface area contributed by atoms with E-state index in [4.69, 9.17) is 11.6 Å². The molecule has 0 atom stereocenters. The van der Waals surface area contributed by atoms with Gasteiger partial charge in [0.25, 0.3) is 5.56 Å². The lowest BCUT2D eigenvalue weighted by Crippen LogP contribution is -2.19. The number of carbonyl (C=O) groups excluding carboxylic acids is 1. The fraction of sp³-hybridized carbons (Fsp3) is 0.0769. The summed E-state index contributed by atoms with van der Waals surface area (Å²) in [7, 11) is 0. The lowest BCUT2D eigenvalue weighted by Gasteiger charge is -2.01. The summed E-state index contributed by atoms with van der Waals surface area (Å²) in [4.78, 5) is 23.9. The van der Waals surface area contributed by atoms with Crippen LogP contribution in [0.1, 0.15) is 0 Å². The third kappa shape index (κ3) is 2.14. The quantitative estimate of drug-likeness (QED) is 0.693. The van der Waals surface area contributed by atoms with Crippen molar-refractivity contribution in [1.29, 1.82) is 0 Å². The number of nitrogens with zero attached hydrogens (tertiary/aromatic N) is 1. The largest absolute Gasteiger partial charge is 0.308 e. The molecule has 0 aliphatic carbocycles. The molecule has 96 valence electrons. The molecule has 6 heteroatoms. The highest BCUT2D eigenvalue weighted by Gasteiger charge is 2.13. The number of hydrogen-bond donors (Lipinski definition) is 0. The number of rotatable bonds is 3. The maximum Gasteiger partial charge on any atom is 0.260 e. The number of hydrogen-bond acceptors (Lipinski definition) is 4. The number of aromatic nitrogens is 1. The van der Waals surface area contributed by atoms with Crippen LogP contribution in [-0.2, 0) is 11.3 Å². The molecule has 3 aromatic heterocycles. The normalized spacial score (nSPS) is 11.0. The van der Waals surface area contributed by atoms with E-state index in [0.29, 0.717) is 9.72 Å². The van der Waals surface area contributed by atoms with Gasteiger partial charge < -0.3 is 9.36 Å². The first kappa shape index (κ1) is 12.6. The molecule has 3 nitrogen and oxygen atoms in total. The number of thiophene rings is 2. The van der Waals surface area contributed by atoms with Crippen LogP contribution in [0.5, 0.6) is 0 Å². The van der Waals surface area contributed by atoms with Crippen LogP contribution in [0.2, 0.25) is 4.34 Å². The first-order valence-corrected chi connectivity index (χ1v) is 7.58. The molecule has 3 aromatic rings. The van der Waals surface area contributed by atoms with Gasteiger partial charge in [0.05, 0.1) is 16.3 Å². The second kappa shape index (κ2) is 4.92. The summed E-state index contributed by atoms with van der Waals surface area (Å²) in [5, 5.41) is 2.62. The van der Waals surface area contributed by atoms with E-state index in [1.807, 2.05) is 23.6 Å². The maximum absolute atomic E-state index is 12.4. The zero-order valence-electron chi connectivity index (χ0n) is 9.63. The zero-order valence-corrected chi connectivity index (χ0v) is 12.0. The van der Waals surface area contributed by atoms with Gasteiger partial charge in [0, 0.05) is 26.7 Å². The van der Waals surface area contributed by atoms with E-state index in [9.17, 15) is 9.59 Å². The summed E-state index contributed by atoms with van der Waals surface area (Å²) < 4.78 is 3.03. The number of pyridine rings is 1. The fourth-order valence-corrected chi connectivity index (χ4v) is 4.03. The van der Waals surface area contributed by atoms with Crippen molar-refractivity contribution in [1.82, 2.24) is 4.57 Å². The van der Waals surface area contributed by atoms with Crippen LogP contribution < -0.4 is 5.56 Å². The van der Waals surface area contributed by atoms with Gasteiger partial charge in [0.2, 0.25) is 0 Å². The molecular formula is C13H8ClNO2S2. The molecule has 19 heavy (non-hydrogen) atoms. The van der Waals surface area contributed by atoms with E-state index < -0.39 is 0 Å². The predicted octanol–water partition coefficient (Wildman–Crippen LogP) is 3.64. The van der Waals surface area contributed by atoms with Crippen molar-refractivity contribution in [2.24, 2.45) is 0 Å². The Labute approximate surface area is 121 Å². The van der Waals surface area contributed by atoms with Crippen LogP contribution in [0.3, 0.4) is 0 Å². The summed E-state index contributed by atoms with van der Waals surface area (Å²) in [6.07, 6.45) is 2.38. The number of halogens is 1.